The first-order chi connectivity index (χ1) is 8.46. The first-order valence-corrected chi connectivity index (χ1v) is 8.16. The van der Waals surface area contributed by atoms with Crippen LogP contribution in [0.1, 0.15) is 10.4 Å². The molecule has 6 heteroatoms. The third-order valence-electron chi connectivity index (χ3n) is 2.32. The molecule has 0 fully saturated rings. The topological polar surface area (TPSA) is 34.1 Å². The molecule has 2 nitrogen and oxygen atoms in total. The van der Waals surface area contributed by atoms with Crippen LogP contribution in [0.25, 0.3) is 0 Å². The number of rotatable bonds is 4. The highest BCUT2D eigenvalue weighted by Gasteiger charge is 2.16. The zero-order valence-corrected chi connectivity index (χ0v) is 11.7. The Balaban J connectivity index is 2.15. The summed E-state index contributed by atoms with van der Waals surface area (Å²) in [7, 11) is -3.39. The van der Waals surface area contributed by atoms with E-state index in [1.165, 1.54) is 29.5 Å². The third kappa shape index (κ3) is 3.54. The maximum atomic E-state index is 13.4. The van der Waals surface area contributed by atoms with Crippen molar-refractivity contribution in [2.75, 3.05) is 0 Å². The average molecular weight is 305 g/mol. The van der Waals surface area contributed by atoms with Gasteiger partial charge in [-0.3, -0.25) is 0 Å². The van der Waals surface area contributed by atoms with E-state index in [2.05, 4.69) is 0 Å². The van der Waals surface area contributed by atoms with Crippen LogP contribution >= 0.6 is 22.9 Å². The normalized spacial score (nSPS) is 11.7. The number of sulfone groups is 1. The van der Waals surface area contributed by atoms with Crippen LogP contribution in [0, 0.1) is 5.82 Å². The fourth-order valence-electron chi connectivity index (χ4n) is 1.55. The Morgan fingerprint density at radius 2 is 1.83 bits per heavy atom. The van der Waals surface area contributed by atoms with E-state index in [1.807, 2.05) is 0 Å². The second-order valence-electron chi connectivity index (χ2n) is 3.83. The highest BCUT2D eigenvalue weighted by Crippen LogP contribution is 2.24. The predicted molar refractivity (Wildman–Crippen MR) is 72.1 cm³/mol. The van der Waals surface area contributed by atoms with Gasteiger partial charge in [-0.05, 0) is 18.2 Å². The summed E-state index contributed by atoms with van der Waals surface area (Å²) in [6, 6.07) is 9.22. The lowest BCUT2D eigenvalue weighted by Crippen LogP contribution is -2.07. The third-order valence-corrected chi connectivity index (χ3v) is 5.24. The molecule has 0 aliphatic carbocycles. The van der Waals surface area contributed by atoms with Gasteiger partial charge in [-0.2, -0.15) is 0 Å². The van der Waals surface area contributed by atoms with Crippen molar-refractivity contribution in [3.63, 3.8) is 0 Å². The SMILES string of the molecule is O=S(=O)(Cc1ccc(Cl)s1)Cc1ccccc1F. The van der Waals surface area contributed by atoms with Gasteiger partial charge in [0, 0.05) is 10.4 Å². The molecule has 96 valence electrons. The second-order valence-corrected chi connectivity index (χ2v) is 7.69. The van der Waals surface area contributed by atoms with Crippen molar-refractivity contribution < 1.29 is 12.8 Å². The zero-order valence-electron chi connectivity index (χ0n) is 9.27. The molecular weight excluding hydrogens is 295 g/mol. The van der Waals surface area contributed by atoms with E-state index in [4.69, 9.17) is 11.6 Å². The van der Waals surface area contributed by atoms with Crippen molar-refractivity contribution >= 4 is 32.8 Å². The summed E-state index contributed by atoms with van der Waals surface area (Å²) in [5, 5.41) is 0. The fourth-order valence-corrected chi connectivity index (χ4v) is 4.55. The van der Waals surface area contributed by atoms with E-state index in [0.717, 1.165) is 0 Å². The molecule has 0 spiro atoms. The molecular formula is C12H10ClFO2S2. The van der Waals surface area contributed by atoms with Gasteiger partial charge < -0.3 is 0 Å². The maximum Gasteiger partial charge on any atom is 0.159 e. The van der Waals surface area contributed by atoms with Crippen LogP contribution in [-0.2, 0) is 21.3 Å². The van der Waals surface area contributed by atoms with Crippen molar-refractivity contribution in [1.29, 1.82) is 0 Å². The summed E-state index contributed by atoms with van der Waals surface area (Å²) in [6.07, 6.45) is 0. The Kier molecular flexibility index (Phi) is 4.04. The second kappa shape index (κ2) is 5.38. The Bertz CT molecular complexity index is 650. The summed E-state index contributed by atoms with van der Waals surface area (Å²) >= 11 is 6.96. The van der Waals surface area contributed by atoms with Gasteiger partial charge in [-0.1, -0.05) is 29.8 Å². The first kappa shape index (κ1) is 13.5. The van der Waals surface area contributed by atoms with Crippen LogP contribution in [0.3, 0.4) is 0 Å². The lowest BCUT2D eigenvalue weighted by molar-refractivity contribution is 0.586. The number of thiophene rings is 1. The van der Waals surface area contributed by atoms with E-state index >= 15 is 0 Å². The maximum absolute atomic E-state index is 13.4. The first-order valence-electron chi connectivity index (χ1n) is 5.14. The van der Waals surface area contributed by atoms with E-state index < -0.39 is 15.7 Å². The van der Waals surface area contributed by atoms with Crippen LogP contribution in [0.15, 0.2) is 36.4 Å². The number of halogens is 2. The lowest BCUT2D eigenvalue weighted by Gasteiger charge is -2.04. The molecule has 2 rings (SSSR count). The van der Waals surface area contributed by atoms with E-state index in [9.17, 15) is 12.8 Å². The van der Waals surface area contributed by atoms with Crippen LogP contribution in [0.4, 0.5) is 4.39 Å². The Labute approximate surface area is 114 Å². The van der Waals surface area contributed by atoms with Crippen LogP contribution in [0.5, 0.6) is 0 Å². The van der Waals surface area contributed by atoms with E-state index in [1.54, 1.807) is 18.2 Å². The van der Waals surface area contributed by atoms with Gasteiger partial charge in [0.05, 0.1) is 15.8 Å². The van der Waals surface area contributed by atoms with Gasteiger partial charge in [0.2, 0.25) is 0 Å². The molecule has 0 saturated carbocycles. The zero-order chi connectivity index (χ0) is 13.2. The molecule has 0 aliphatic rings. The number of hydrogen-bond acceptors (Lipinski definition) is 3. The van der Waals surface area contributed by atoms with E-state index in [-0.39, 0.29) is 17.1 Å². The highest BCUT2D eigenvalue weighted by atomic mass is 35.5. The molecule has 1 aromatic carbocycles. The molecule has 1 aromatic heterocycles. The summed E-state index contributed by atoms with van der Waals surface area (Å²) in [5.74, 6) is -0.904. The van der Waals surface area contributed by atoms with Gasteiger partial charge in [0.25, 0.3) is 0 Å². The molecule has 0 N–H and O–H groups in total. The monoisotopic (exact) mass is 304 g/mol. The molecule has 0 aliphatic heterocycles. The van der Waals surface area contributed by atoms with E-state index in [0.29, 0.717) is 9.21 Å². The molecule has 2 aromatic rings. The molecule has 0 atom stereocenters. The fraction of sp³-hybridized carbons (Fsp3) is 0.167. The molecule has 0 unspecified atom stereocenters. The van der Waals surface area contributed by atoms with Gasteiger partial charge >= 0.3 is 0 Å². The predicted octanol–water partition coefficient (Wildman–Crippen LogP) is 3.66. The van der Waals surface area contributed by atoms with Gasteiger partial charge in [-0.25, -0.2) is 12.8 Å². The molecule has 0 bridgehead atoms. The van der Waals surface area contributed by atoms with Crippen molar-refractivity contribution in [3.8, 4) is 0 Å². The van der Waals surface area contributed by atoms with Crippen molar-refractivity contribution in [1.82, 2.24) is 0 Å². The Morgan fingerprint density at radius 3 is 2.44 bits per heavy atom. The minimum atomic E-state index is -3.39. The smallest absolute Gasteiger partial charge is 0.159 e. The van der Waals surface area contributed by atoms with Crippen molar-refractivity contribution in [2.45, 2.75) is 11.5 Å². The molecule has 0 radical (unpaired) electrons. The minimum Gasteiger partial charge on any atom is -0.228 e. The van der Waals surface area contributed by atoms with Crippen molar-refractivity contribution in [3.05, 3.63) is 57.0 Å². The standard InChI is InChI=1S/C12H10ClFO2S2/c13-12-6-5-10(17-12)8-18(15,16)7-9-3-1-2-4-11(9)14/h1-6H,7-8H2. The largest absolute Gasteiger partial charge is 0.228 e. The average Bonchev–Trinajstić information content (AvgIpc) is 2.66. The lowest BCUT2D eigenvalue weighted by atomic mass is 10.2. The molecule has 18 heavy (non-hydrogen) atoms. The number of hydrogen-bond donors (Lipinski definition) is 0. The summed E-state index contributed by atoms with van der Waals surface area (Å²) in [6.45, 7) is 0. The summed E-state index contributed by atoms with van der Waals surface area (Å²) < 4.78 is 37.8. The van der Waals surface area contributed by atoms with Crippen LogP contribution in [-0.4, -0.2) is 8.42 Å². The molecule has 1 heterocycles. The van der Waals surface area contributed by atoms with Gasteiger partial charge in [-0.15, -0.1) is 11.3 Å². The van der Waals surface area contributed by atoms with Crippen LogP contribution in [0.2, 0.25) is 4.34 Å². The van der Waals surface area contributed by atoms with Crippen LogP contribution < -0.4 is 0 Å². The quantitative estimate of drug-likeness (QED) is 0.864. The summed E-state index contributed by atoms with van der Waals surface area (Å²) in [4.78, 5) is 0.663. The molecule has 0 saturated heterocycles. The molecule has 0 amide bonds. The number of benzene rings is 1. The minimum absolute atomic E-state index is 0.112. The highest BCUT2D eigenvalue weighted by molar-refractivity contribution is 7.90. The summed E-state index contributed by atoms with van der Waals surface area (Å²) in [5.41, 5.74) is 0.195. The van der Waals surface area contributed by atoms with Gasteiger partial charge in [0.15, 0.2) is 9.84 Å². The van der Waals surface area contributed by atoms with Crippen molar-refractivity contribution in [2.24, 2.45) is 0 Å². The Hall–Kier alpha value is -0.910. The Morgan fingerprint density at radius 1 is 1.11 bits per heavy atom. The van der Waals surface area contributed by atoms with Gasteiger partial charge in [0.1, 0.15) is 5.82 Å².